The maximum absolute atomic E-state index is 12.0. The van der Waals surface area contributed by atoms with E-state index in [1.807, 2.05) is 0 Å². The predicted molar refractivity (Wildman–Crippen MR) is 57.1 cm³/mol. The zero-order valence-corrected chi connectivity index (χ0v) is 10.4. The molecule has 1 aromatic rings. The molecule has 0 aliphatic heterocycles. The third kappa shape index (κ3) is 3.35. The van der Waals surface area contributed by atoms with Gasteiger partial charge in [-0.1, -0.05) is 0 Å². The summed E-state index contributed by atoms with van der Waals surface area (Å²) in [6.07, 6.45) is -4.08. The van der Waals surface area contributed by atoms with Gasteiger partial charge in [0.2, 0.25) is 5.88 Å². The summed E-state index contributed by atoms with van der Waals surface area (Å²) in [6, 6.07) is 0. The van der Waals surface area contributed by atoms with Crippen LogP contribution in [0.5, 0.6) is 11.6 Å². The largest absolute Gasteiger partial charge is 0.574 e. The summed E-state index contributed by atoms with van der Waals surface area (Å²) in [4.78, 5) is 14.2. The first-order valence-corrected chi connectivity index (χ1v) is 5.05. The summed E-state index contributed by atoms with van der Waals surface area (Å²) in [7, 11) is 1.18. The number of hydrogen-bond donors (Lipinski definition) is 1. The summed E-state index contributed by atoms with van der Waals surface area (Å²) < 4.78 is 44.0. The van der Waals surface area contributed by atoms with Crippen molar-refractivity contribution in [1.29, 1.82) is 0 Å². The maximum atomic E-state index is 12.0. The molecule has 17 heavy (non-hydrogen) atoms. The van der Waals surface area contributed by atoms with E-state index in [4.69, 9.17) is 5.11 Å². The summed E-state index contributed by atoms with van der Waals surface area (Å²) in [5.41, 5.74) is -0.428. The Morgan fingerprint density at radius 2 is 2.12 bits per heavy atom. The Kier molecular flexibility index (Phi) is 4.01. The van der Waals surface area contributed by atoms with Crippen LogP contribution in [0.1, 0.15) is 10.4 Å². The fourth-order valence-electron chi connectivity index (χ4n) is 0.988. The summed E-state index contributed by atoms with van der Waals surface area (Å²) in [5, 5.41) is 8.85. The first-order valence-electron chi connectivity index (χ1n) is 3.97. The van der Waals surface area contributed by atoms with Gasteiger partial charge in [-0.15, -0.1) is 13.2 Å². The Bertz CT molecular complexity index is 449. The average Bonchev–Trinajstić information content (AvgIpc) is 2.18. The molecule has 9 heteroatoms. The molecule has 94 valence electrons. The lowest BCUT2D eigenvalue weighted by molar-refractivity contribution is -0.276. The van der Waals surface area contributed by atoms with Crippen molar-refractivity contribution in [3.8, 4) is 11.6 Å². The van der Waals surface area contributed by atoms with E-state index in [2.05, 4.69) is 14.5 Å². The van der Waals surface area contributed by atoms with E-state index in [0.29, 0.717) is 0 Å². The van der Waals surface area contributed by atoms with Gasteiger partial charge in [-0.3, -0.25) is 0 Å². The lowest BCUT2D eigenvalue weighted by Gasteiger charge is -2.12. The molecule has 0 spiro atoms. The van der Waals surface area contributed by atoms with Crippen molar-refractivity contribution in [3.05, 3.63) is 15.3 Å². The Morgan fingerprint density at radius 1 is 1.53 bits per heavy atom. The number of aromatic nitrogens is 1. The van der Waals surface area contributed by atoms with Crippen molar-refractivity contribution in [2.75, 3.05) is 7.11 Å². The first kappa shape index (κ1) is 13.8. The highest BCUT2D eigenvalue weighted by Crippen LogP contribution is 2.32. The van der Waals surface area contributed by atoms with Crippen molar-refractivity contribution in [2.45, 2.75) is 6.36 Å². The molecule has 5 nitrogen and oxygen atoms in total. The molecule has 1 N–H and O–H groups in total. The second-order valence-electron chi connectivity index (χ2n) is 2.67. The minimum Gasteiger partial charge on any atom is -0.494 e. The van der Waals surface area contributed by atoms with Gasteiger partial charge in [0.25, 0.3) is 0 Å². The molecule has 0 unspecified atom stereocenters. The molecular weight excluding hydrogens is 358 g/mol. The fourth-order valence-corrected chi connectivity index (χ4v) is 1.73. The second-order valence-corrected chi connectivity index (χ2v) is 3.75. The van der Waals surface area contributed by atoms with Crippen LogP contribution in [0.4, 0.5) is 13.2 Å². The molecule has 0 fully saturated rings. The van der Waals surface area contributed by atoms with Crippen molar-refractivity contribution >= 4 is 28.6 Å². The SMILES string of the molecule is COc1cnc(OC(F)(F)F)c(I)c1C(=O)O. The predicted octanol–water partition coefficient (Wildman–Crippen LogP) is 2.29. The number of carboxylic acid groups (broad SMARTS) is 1. The normalized spacial score (nSPS) is 11.1. The number of halogens is 4. The number of methoxy groups -OCH3 is 1. The molecule has 0 aromatic carbocycles. The molecule has 0 bridgehead atoms. The standard InChI is InChI=1S/C8H5F3INO4/c1-16-3-2-13-6(17-8(9,10)11)5(12)4(3)7(14)15/h2H,1H3,(H,14,15). The van der Waals surface area contributed by atoms with Gasteiger partial charge in [0, 0.05) is 0 Å². The van der Waals surface area contributed by atoms with Gasteiger partial charge >= 0.3 is 12.3 Å². The van der Waals surface area contributed by atoms with Crippen LogP contribution in [-0.2, 0) is 0 Å². The minimum atomic E-state index is -4.93. The second kappa shape index (κ2) is 4.94. The van der Waals surface area contributed by atoms with Crippen molar-refractivity contribution in [2.24, 2.45) is 0 Å². The highest BCUT2D eigenvalue weighted by Gasteiger charge is 2.34. The van der Waals surface area contributed by atoms with E-state index in [-0.39, 0.29) is 9.32 Å². The zero-order chi connectivity index (χ0) is 13.2. The van der Waals surface area contributed by atoms with E-state index in [9.17, 15) is 18.0 Å². The van der Waals surface area contributed by atoms with E-state index >= 15 is 0 Å². The van der Waals surface area contributed by atoms with Gasteiger partial charge in [-0.05, 0) is 22.6 Å². The van der Waals surface area contributed by atoms with Crippen LogP contribution in [0.25, 0.3) is 0 Å². The highest BCUT2D eigenvalue weighted by molar-refractivity contribution is 14.1. The molecule has 0 amide bonds. The lowest BCUT2D eigenvalue weighted by Crippen LogP contribution is -2.19. The van der Waals surface area contributed by atoms with Crippen LogP contribution in [0, 0.1) is 3.57 Å². The molecule has 0 aliphatic rings. The molecule has 0 saturated heterocycles. The number of aromatic carboxylic acids is 1. The van der Waals surface area contributed by atoms with Gasteiger partial charge < -0.3 is 14.6 Å². The van der Waals surface area contributed by atoms with Crippen molar-refractivity contribution < 1.29 is 32.5 Å². The van der Waals surface area contributed by atoms with Crippen molar-refractivity contribution in [3.63, 3.8) is 0 Å². The number of carboxylic acids is 1. The molecule has 1 rings (SSSR count). The topological polar surface area (TPSA) is 68.7 Å². The van der Waals surface area contributed by atoms with Crippen LogP contribution in [0.15, 0.2) is 6.20 Å². The number of alkyl halides is 3. The van der Waals surface area contributed by atoms with Gasteiger partial charge in [-0.25, -0.2) is 9.78 Å². The average molecular weight is 363 g/mol. The highest BCUT2D eigenvalue weighted by atomic mass is 127. The molecule has 1 aromatic heterocycles. The van der Waals surface area contributed by atoms with E-state index in [1.165, 1.54) is 29.7 Å². The van der Waals surface area contributed by atoms with Crippen LogP contribution >= 0.6 is 22.6 Å². The monoisotopic (exact) mass is 363 g/mol. The molecular formula is C8H5F3INO4. The number of rotatable bonds is 3. The third-order valence-electron chi connectivity index (χ3n) is 1.60. The van der Waals surface area contributed by atoms with Crippen molar-refractivity contribution in [1.82, 2.24) is 4.98 Å². The Balaban J connectivity index is 3.28. The Labute approximate surface area is 107 Å². The van der Waals surface area contributed by atoms with Gasteiger partial charge in [0.1, 0.15) is 5.56 Å². The number of pyridine rings is 1. The zero-order valence-electron chi connectivity index (χ0n) is 8.21. The molecule has 0 aliphatic carbocycles. The smallest absolute Gasteiger partial charge is 0.494 e. The van der Waals surface area contributed by atoms with E-state index in [1.54, 1.807) is 0 Å². The Morgan fingerprint density at radius 3 is 2.53 bits per heavy atom. The minimum absolute atomic E-state index is 0.142. The molecule has 0 atom stereocenters. The third-order valence-corrected chi connectivity index (χ3v) is 2.60. The Hall–Kier alpha value is -1.26. The molecule has 0 radical (unpaired) electrons. The quantitative estimate of drug-likeness (QED) is 0.835. The lowest BCUT2D eigenvalue weighted by atomic mass is 10.2. The number of ether oxygens (including phenoxy) is 2. The van der Waals surface area contributed by atoms with E-state index in [0.717, 1.165) is 6.20 Å². The molecule has 0 saturated carbocycles. The number of hydrogen-bond acceptors (Lipinski definition) is 4. The number of carbonyl (C=O) groups is 1. The van der Waals surface area contributed by atoms with Crippen LogP contribution in [0.3, 0.4) is 0 Å². The van der Waals surface area contributed by atoms with Crippen LogP contribution < -0.4 is 9.47 Å². The maximum Gasteiger partial charge on any atom is 0.574 e. The summed E-state index contributed by atoms with van der Waals surface area (Å²) in [5.74, 6) is -2.40. The molecule has 1 heterocycles. The first-order chi connectivity index (χ1) is 7.76. The van der Waals surface area contributed by atoms with Crippen LogP contribution in [-0.4, -0.2) is 29.5 Å². The summed E-state index contributed by atoms with van der Waals surface area (Å²) >= 11 is 1.40. The fraction of sp³-hybridized carbons (Fsp3) is 0.250. The van der Waals surface area contributed by atoms with Gasteiger partial charge in [-0.2, -0.15) is 0 Å². The van der Waals surface area contributed by atoms with Gasteiger partial charge in [0.15, 0.2) is 5.75 Å². The van der Waals surface area contributed by atoms with Gasteiger partial charge in [0.05, 0.1) is 16.9 Å². The van der Waals surface area contributed by atoms with E-state index < -0.39 is 23.8 Å². The number of nitrogens with zero attached hydrogens (tertiary/aromatic N) is 1. The van der Waals surface area contributed by atoms with Crippen LogP contribution in [0.2, 0.25) is 0 Å². The summed E-state index contributed by atoms with van der Waals surface area (Å²) in [6.45, 7) is 0.